The van der Waals surface area contributed by atoms with E-state index in [1.54, 1.807) is 11.1 Å². The first kappa shape index (κ1) is 17.1. The van der Waals surface area contributed by atoms with Gasteiger partial charge in [-0.15, -0.1) is 11.6 Å². The van der Waals surface area contributed by atoms with E-state index in [0.29, 0.717) is 0 Å². The third-order valence-corrected chi connectivity index (χ3v) is 3.01. The molecule has 0 spiro atoms. The summed E-state index contributed by atoms with van der Waals surface area (Å²) < 4.78 is 0. The Morgan fingerprint density at radius 1 is 1.00 bits per heavy atom. The number of hydrogen-bond donors (Lipinski definition) is 0. The average Bonchev–Trinajstić information content (AvgIpc) is 2.80. The largest absolute Gasteiger partial charge is 0.127 e. The van der Waals surface area contributed by atoms with Gasteiger partial charge in [-0.1, -0.05) is 53.5 Å². The maximum atomic E-state index is 5.00. The molecule has 0 N–H and O–H groups in total. The predicted octanol–water partition coefficient (Wildman–Crippen LogP) is 5.17. The molecule has 0 aromatic heterocycles. The van der Waals surface area contributed by atoms with Crippen molar-refractivity contribution in [3.05, 3.63) is 46.6 Å². The first-order valence-electron chi connectivity index (χ1n) is 5.95. The molecule has 0 amide bonds. The topological polar surface area (TPSA) is 0 Å². The summed E-state index contributed by atoms with van der Waals surface area (Å²) in [5, 5.41) is 0. The standard InChI is InChI=1S/C13H16.C2H5Cl.Hf/c1-10-5-3-7-12(10)9-13-8-4-6-11(13)2;1-2-3;/h3-6H,7-9H2,1-2H3;2H2,1H3;. The monoisotopic (exact) mass is 416 g/mol. The van der Waals surface area contributed by atoms with Crippen molar-refractivity contribution in [3.8, 4) is 0 Å². The van der Waals surface area contributed by atoms with Gasteiger partial charge in [0, 0.05) is 31.7 Å². The fourth-order valence-electron chi connectivity index (χ4n) is 1.99. The Balaban J connectivity index is 0.000000583. The molecule has 0 unspecified atom stereocenters. The van der Waals surface area contributed by atoms with Crippen LogP contribution in [-0.4, -0.2) is 5.88 Å². The van der Waals surface area contributed by atoms with Crippen LogP contribution in [0.15, 0.2) is 46.6 Å². The Hall–Kier alpha value is 0.120. The van der Waals surface area contributed by atoms with Gasteiger partial charge in [-0.05, 0) is 33.1 Å². The molecule has 0 radical (unpaired) electrons. The van der Waals surface area contributed by atoms with Gasteiger partial charge in [-0.25, -0.2) is 0 Å². The van der Waals surface area contributed by atoms with E-state index in [1.807, 2.05) is 6.92 Å². The van der Waals surface area contributed by atoms with Crippen LogP contribution >= 0.6 is 11.6 Å². The smallest absolute Gasteiger partial charge is 0.0195 e. The predicted molar refractivity (Wildman–Crippen MR) is 73.9 cm³/mol. The molecule has 0 fully saturated rings. The zero-order valence-electron chi connectivity index (χ0n) is 11.0. The van der Waals surface area contributed by atoms with E-state index in [0.717, 1.165) is 5.88 Å². The van der Waals surface area contributed by atoms with Crippen molar-refractivity contribution >= 4 is 11.6 Å². The summed E-state index contributed by atoms with van der Waals surface area (Å²) in [7, 11) is 0. The molecule has 0 aromatic carbocycles. The van der Waals surface area contributed by atoms with Gasteiger partial charge in [0.2, 0.25) is 0 Å². The molecule has 2 aliphatic rings. The Bertz CT molecular complexity index is 325. The number of allylic oxidation sites excluding steroid dienone is 8. The van der Waals surface area contributed by atoms with E-state index in [4.69, 9.17) is 11.6 Å². The molecule has 0 atom stereocenters. The third kappa shape index (κ3) is 5.52. The summed E-state index contributed by atoms with van der Waals surface area (Å²) in [4.78, 5) is 0. The van der Waals surface area contributed by atoms with Crippen LogP contribution in [0.3, 0.4) is 0 Å². The molecule has 0 aromatic rings. The molecular weight excluding hydrogens is 394 g/mol. The zero-order valence-corrected chi connectivity index (χ0v) is 15.4. The summed E-state index contributed by atoms with van der Waals surface area (Å²) in [6.07, 6.45) is 12.6. The van der Waals surface area contributed by atoms with Gasteiger partial charge < -0.3 is 0 Å². The molecule has 0 saturated heterocycles. The van der Waals surface area contributed by atoms with Gasteiger partial charge in [0.05, 0.1) is 0 Å². The van der Waals surface area contributed by atoms with Crippen molar-refractivity contribution in [1.82, 2.24) is 0 Å². The minimum Gasteiger partial charge on any atom is -0.127 e. The Morgan fingerprint density at radius 3 is 1.59 bits per heavy atom. The molecule has 0 saturated carbocycles. The van der Waals surface area contributed by atoms with Crippen LogP contribution in [0.25, 0.3) is 0 Å². The van der Waals surface area contributed by atoms with Gasteiger partial charge in [0.1, 0.15) is 0 Å². The van der Waals surface area contributed by atoms with E-state index in [1.165, 1.54) is 30.4 Å². The molecule has 0 heterocycles. The van der Waals surface area contributed by atoms with Crippen LogP contribution < -0.4 is 0 Å². The van der Waals surface area contributed by atoms with Gasteiger partial charge >= 0.3 is 0 Å². The normalized spacial score (nSPS) is 17.2. The van der Waals surface area contributed by atoms with E-state index in [-0.39, 0.29) is 25.8 Å². The fraction of sp³-hybridized carbons (Fsp3) is 0.467. The Labute approximate surface area is 129 Å². The average molecular weight is 415 g/mol. The van der Waals surface area contributed by atoms with Crippen molar-refractivity contribution in [2.24, 2.45) is 0 Å². The van der Waals surface area contributed by atoms with Crippen molar-refractivity contribution < 1.29 is 25.8 Å². The maximum absolute atomic E-state index is 5.00. The quantitative estimate of drug-likeness (QED) is 0.431. The summed E-state index contributed by atoms with van der Waals surface area (Å²) >= 11 is 5.00. The van der Waals surface area contributed by atoms with Crippen molar-refractivity contribution in [2.75, 3.05) is 5.88 Å². The molecular formula is C15H21ClHf. The molecule has 2 rings (SSSR count). The number of halogens is 1. The van der Waals surface area contributed by atoms with Gasteiger partial charge in [0.15, 0.2) is 0 Å². The fourth-order valence-corrected chi connectivity index (χ4v) is 1.99. The number of alkyl halides is 1. The maximum Gasteiger partial charge on any atom is 0.0195 e. The van der Waals surface area contributed by atoms with Crippen LogP contribution in [0.4, 0.5) is 0 Å². The summed E-state index contributed by atoms with van der Waals surface area (Å²) in [6, 6.07) is 0. The van der Waals surface area contributed by atoms with Crippen molar-refractivity contribution in [3.63, 3.8) is 0 Å². The molecule has 2 heteroatoms. The SMILES string of the molecule is CC1=C(CC2=C(C)C=CC2)CC=C1.CCCl.[Hf]. The number of rotatable bonds is 2. The molecule has 92 valence electrons. The summed E-state index contributed by atoms with van der Waals surface area (Å²) in [6.45, 7) is 6.33. The van der Waals surface area contributed by atoms with Crippen molar-refractivity contribution in [2.45, 2.75) is 40.0 Å². The Kier molecular flexibility index (Phi) is 9.17. The van der Waals surface area contributed by atoms with Crippen molar-refractivity contribution in [1.29, 1.82) is 0 Å². The van der Waals surface area contributed by atoms with Gasteiger partial charge in [0.25, 0.3) is 0 Å². The second-order valence-electron chi connectivity index (χ2n) is 4.23. The van der Waals surface area contributed by atoms with Gasteiger partial charge in [-0.2, -0.15) is 0 Å². The first-order chi connectivity index (χ1) is 7.69. The molecule has 0 nitrogen and oxygen atoms in total. The second kappa shape index (κ2) is 9.10. The van der Waals surface area contributed by atoms with Gasteiger partial charge in [-0.3, -0.25) is 0 Å². The van der Waals surface area contributed by atoms with Crippen LogP contribution in [0.2, 0.25) is 0 Å². The summed E-state index contributed by atoms with van der Waals surface area (Å²) in [5.41, 5.74) is 6.18. The minimum atomic E-state index is 0. The second-order valence-corrected chi connectivity index (χ2v) is 4.76. The molecule has 2 aliphatic carbocycles. The number of hydrogen-bond acceptors (Lipinski definition) is 0. The molecule has 0 aliphatic heterocycles. The van der Waals surface area contributed by atoms with E-state index < -0.39 is 0 Å². The van der Waals surface area contributed by atoms with Crippen LogP contribution in [0.5, 0.6) is 0 Å². The minimum absolute atomic E-state index is 0. The first-order valence-corrected chi connectivity index (χ1v) is 6.48. The Morgan fingerprint density at radius 2 is 1.35 bits per heavy atom. The van der Waals surface area contributed by atoms with Crippen LogP contribution in [0, 0.1) is 0 Å². The van der Waals surface area contributed by atoms with Crippen LogP contribution in [0.1, 0.15) is 40.0 Å². The zero-order chi connectivity index (χ0) is 12.0. The van der Waals surface area contributed by atoms with E-state index >= 15 is 0 Å². The third-order valence-electron chi connectivity index (χ3n) is 3.01. The molecule has 17 heavy (non-hydrogen) atoms. The summed E-state index contributed by atoms with van der Waals surface area (Å²) in [5.74, 6) is 0.722. The van der Waals surface area contributed by atoms with E-state index in [9.17, 15) is 0 Å². The molecule has 0 bridgehead atoms. The van der Waals surface area contributed by atoms with E-state index in [2.05, 4.69) is 38.2 Å². The van der Waals surface area contributed by atoms with Crippen LogP contribution in [-0.2, 0) is 25.8 Å².